The predicted octanol–water partition coefficient (Wildman–Crippen LogP) is 4.36. The summed E-state index contributed by atoms with van der Waals surface area (Å²) in [6, 6.07) is 13.5. The Kier molecular flexibility index (Phi) is 4.06. The molecule has 0 amide bonds. The third kappa shape index (κ3) is 2.62. The van der Waals surface area contributed by atoms with Gasteiger partial charge in [0.15, 0.2) is 0 Å². The first kappa shape index (κ1) is 17.0. The lowest BCUT2D eigenvalue weighted by atomic mass is 9.95. The van der Waals surface area contributed by atoms with E-state index in [0.717, 1.165) is 18.5 Å². The fourth-order valence-electron chi connectivity index (χ4n) is 5.18. The Bertz CT molecular complexity index is 992. The molecule has 0 aliphatic carbocycles. The van der Waals surface area contributed by atoms with Gasteiger partial charge in [-0.3, -0.25) is 4.90 Å². The fourth-order valence-corrected chi connectivity index (χ4v) is 5.18. The number of nitrogens with zero attached hydrogens (tertiary/aromatic N) is 2. The Morgan fingerprint density at radius 3 is 2.74 bits per heavy atom. The Balaban J connectivity index is 1.76. The van der Waals surface area contributed by atoms with Crippen LogP contribution in [0.4, 0.5) is 4.39 Å². The first-order chi connectivity index (χ1) is 13.2. The number of fused-ring (bicyclic) bond motifs is 5. The minimum absolute atomic E-state index is 0.00408. The van der Waals surface area contributed by atoms with Crippen LogP contribution in [0.15, 0.2) is 42.5 Å². The van der Waals surface area contributed by atoms with Crippen LogP contribution in [0.25, 0.3) is 10.9 Å². The van der Waals surface area contributed by atoms with E-state index in [9.17, 15) is 9.50 Å². The van der Waals surface area contributed by atoms with Crippen LogP contribution < -0.4 is 0 Å². The van der Waals surface area contributed by atoms with Gasteiger partial charge in [0.05, 0.1) is 12.6 Å². The summed E-state index contributed by atoms with van der Waals surface area (Å²) < 4.78 is 15.8. The average molecular weight is 364 g/mol. The zero-order chi connectivity index (χ0) is 18.5. The molecule has 2 aromatic carbocycles. The van der Waals surface area contributed by atoms with Crippen molar-refractivity contribution >= 4 is 10.9 Å². The van der Waals surface area contributed by atoms with Gasteiger partial charge in [0.1, 0.15) is 5.82 Å². The van der Waals surface area contributed by atoms with E-state index in [2.05, 4.69) is 34.6 Å². The molecule has 3 nitrogen and oxygen atoms in total. The summed E-state index contributed by atoms with van der Waals surface area (Å²) in [6.45, 7) is 4.41. The van der Waals surface area contributed by atoms with Crippen LogP contribution in [-0.4, -0.2) is 34.3 Å². The molecular weight excluding hydrogens is 339 g/mol. The molecule has 140 valence electrons. The molecule has 27 heavy (non-hydrogen) atoms. The molecule has 1 saturated heterocycles. The second kappa shape index (κ2) is 6.47. The quantitative estimate of drug-likeness (QED) is 0.748. The summed E-state index contributed by atoms with van der Waals surface area (Å²) in [6.07, 6.45) is 3.46. The summed E-state index contributed by atoms with van der Waals surface area (Å²) in [7, 11) is 0. The molecular formula is C23H25FN2O. The molecule has 1 aromatic heterocycles. The van der Waals surface area contributed by atoms with E-state index in [0.29, 0.717) is 6.04 Å². The van der Waals surface area contributed by atoms with Gasteiger partial charge in [0.2, 0.25) is 0 Å². The zero-order valence-corrected chi connectivity index (χ0v) is 15.7. The van der Waals surface area contributed by atoms with E-state index in [-0.39, 0.29) is 18.5 Å². The van der Waals surface area contributed by atoms with E-state index in [4.69, 9.17) is 0 Å². The minimum Gasteiger partial charge on any atom is -0.394 e. The summed E-state index contributed by atoms with van der Waals surface area (Å²) >= 11 is 0. The van der Waals surface area contributed by atoms with Crippen molar-refractivity contribution < 1.29 is 9.50 Å². The van der Waals surface area contributed by atoms with Gasteiger partial charge in [-0.15, -0.1) is 0 Å². The van der Waals surface area contributed by atoms with Crippen LogP contribution in [0.5, 0.6) is 0 Å². The second-order valence-electron chi connectivity index (χ2n) is 7.94. The minimum atomic E-state index is -0.243. The van der Waals surface area contributed by atoms with Crippen molar-refractivity contribution in [2.75, 3.05) is 19.7 Å². The van der Waals surface area contributed by atoms with Crippen molar-refractivity contribution in [3.63, 3.8) is 0 Å². The van der Waals surface area contributed by atoms with Gasteiger partial charge in [0.25, 0.3) is 0 Å². The van der Waals surface area contributed by atoms with Crippen molar-refractivity contribution in [3.8, 4) is 0 Å². The van der Waals surface area contributed by atoms with Gasteiger partial charge in [-0.25, -0.2) is 4.39 Å². The van der Waals surface area contributed by atoms with Crippen LogP contribution in [0.2, 0.25) is 0 Å². The molecule has 2 aliphatic rings. The molecule has 2 unspecified atom stereocenters. The third-order valence-electron chi connectivity index (χ3n) is 6.38. The van der Waals surface area contributed by atoms with Crippen LogP contribution in [-0.2, 0) is 6.42 Å². The van der Waals surface area contributed by atoms with Gasteiger partial charge < -0.3 is 9.67 Å². The largest absolute Gasteiger partial charge is 0.394 e. The highest BCUT2D eigenvalue weighted by Gasteiger charge is 2.36. The lowest BCUT2D eigenvalue weighted by Gasteiger charge is -2.32. The molecule has 5 rings (SSSR count). The molecule has 3 aromatic rings. The van der Waals surface area contributed by atoms with Gasteiger partial charge >= 0.3 is 0 Å². The first-order valence-corrected chi connectivity index (χ1v) is 9.91. The average Bonchev–Trinajstić information content (AvgIpc) is 3.26. The number of hydrogen-bond donors (Lipinski definition) is 1. The lowest BCUT2D eigenvalue weighted by Crippen LogP contribution is -2.32. The van der Waals surface area contributed by atoms with E-state index in [1.54, 1.807) is 12.1 Å². The maximum absolute atomic E-state index is 13.4. The number of aliphatic hydroxyl groups is 1. The van der Waals surface area contributed by atoms with E-state index < -0.39 is 0 Å². The van der Waals surface area contributed by atoms with Crippen LogP contribution in [0.1, 0.15) is 47.3 Å². The van der Waals surface area contributed by atoms with Crippen LogP contribution >= 0.6 is 0 Å². The molecule has 3 heterocycles. The number of aliphatic hydroxyl groups excluding tert-OH is 1. The maximum Gasteiger partial charge on any atom is 0.123 e. The summed E-state index contributed by atoms with van der Waals surface area (Å²) in [5, 5.41) is 11.6. The molecule has 0 bridgehead atoms. The molecule has 1 fully saturated rings. The zero-order valence-electron chi connectivity index (χ0n) is 15.7. The predicted molar refractivity (Wildman–Crippen MR) is 106 cm³/mol. The molecule has 0 saturated carbocycles. The number of benzene rings is 2. The first-order valence-electron chi connectivity index (χ1n) is 9.91. The van der Waals surface area contributed by atoms with Crippen molar-refractivity contribution in [1.29, 1.82) is 0 Å². The Morgan fingerprint density at radius 2 is 1.96 bits per heavy atom. The molecule has 0 spiro atoms. The highest BCUT2D eigenvalue weighted by atomic mass is 19.1. The standard InChI is InChI=1S/C23H25FN2O/c1-15-4-9-19-18(13-15)23-20-3-2-11-25(20)12-10-21(23)26(19)22(14-27)16-5-7-17(24)8-6-16/h4-9,13,20,22,27H,2-3,10-12,14H2,1H3. The van der Waals surface area contributed by atoms with E-state index in [1.165, 1.54) is 59.2 Å². The second-order valence-corrected chi connectivity index (χ2v) is 7.94. The number of aryl methyl sites for hydroxylation is 1. The summed E-state index contributed by atoms with van der Waals surface area (Å²) in [4.78, 5) is 2.61. The molecule has 0 radical (unpaired) electrons. The van der Waals surface area contributed by atoms with Crippen molar-refractivity contribution in [1.82, 2.24) is 9.47 Å². The highest BCUT2D eigenvalue weighted by molar-refractivity contribution is 5.87. The molecule has 2 atom stereocenters. The lowest BCUT2D eigenvalue weighted by molar-refractivity contribution is 0.229. The van der Waals surface area contributed by atoms with Gasteiger partial charge in [-0.05, 0) is 61.7 Å². The SMILES string of the molecule is Cc1ccc2c(c1)c1c(n2C(CO)c2ccc(F)cc2)CCN2CCCC12. The van der Waals surface area contributed by atoms with Gasteiger partial charge in [-0.2, -0.15) is 0 Å². The maximum atomic E-state index is 13.4. The summed E-state index contributed by atoms with van der Waals surface area (Å²) in [5.41, 5.74) is 6.20. The van der Waals surface area contributed by atoms with Crippen molar-refractivity contribution in [3.05, 3.63) is 70.7 Å². The third-order valence-corrected chi connectivity index (χ3v) is 6.38. The van der Waals surface area contributed by atoms with E-state index in [1.807, 2.05) is 0 Å². The van der Waals surface area contributed by atoms with Crippen LogP contribution in [0.3, 0.4) is 0 Å². The Labute approximate surface area is 159 Å². The molecule has 4 heteroatoms. The number of aromatic nitrogens is 1. The highest BCUT2D eigenvalue weighted by Crippen LogP contribution is 2.44. The number of rotatable bonds is 3. The van der Waals surface area contributed by atoms with Crippen LogP contribution in [0, 0.1) is 12.7 Å². The van der Waals surface area contributed by atoms with Crippen molar-refractivity contribution in [2.24, 2.45) is 0 Å². The molecule has 2 aliphatic heterocycles. The Morgan fingerprint density at radius 1 is 1.15 bits per heavy atom. The molecule has 1 N–H and O–H groups in total. The number of halogens is 1. The van der Waals surface area contributed by atoms with Gasteiger partial charge in [-0.1, -0.05) is 23.8 Å². The smallest absolute Gasteiger partial charge is 0.123 e. The Hall–Kier alpha value is -2.17. The monoisotopic (exact) mass is 364 g/mol. The van der Waals surface area contributed by atoms with E-state index >= 15 is 0 Å². The number of hydrogen-bond acceptors (Lipinski definition) is 2. The fraction of sp³-hybridized carbons (Fsp3) is 0.391. The normalized spacial score (nSPS) is 20.6. The topological polar surface area (TPSA) is 28.4 Å². The van der Waals surface area contributed by atoms with Gasteiger partial charge in [0, 0.05) is 35.6 Å². The van der Waals surface area contributed by atoms with Crippen molar-refractivity contribution in [2.45, 2.75) is 38.3 Å². The summed E-state index contributed by atoms with van der Waals surface area (Å²) in [5.74, 6) is -0.243.